The number of piperazine rings is 1. The lowest BCUT2D eigenvalue weighted by Gasteiger charge is -2.41. The summed E-state index contributed by atoms with van der Waals surface area (Å²) in [5, 5.41) is 10.9. The van der Waals surface area contributed by atoms with Gasteiger partial charge in [-0.3, -0.25) is 19.7 Å². The van der Waals surface area contributed by atoms with Crippen LogP contribution in [0.15, 0.2) is 41.3 Å². The summed E-state index contributed by atoms with van der Waals surface area (Å²) in [7, 11) is 0.243. The average Bonchev–Trinajstić information content (AvgIpc) is 2.94. The van der Waals surface area contributed by atoms with Crippen LogP contribution in [0, 0.1) is 16.0 Å². The highest BCUT2D eigenvalue weighted by atomic mass is 32.2. The molecule has 2 aromatic rings. The van der Waals surface area contributed by atoms with Crippen LogP contribution >= 0.6 is 0 Å². The first-order valence-corrected chi connectivity index (χ1v) is 14.0. The van der Waals surface area contributed by atoms with Crippen molar-refractivity contribution in [2.24, 2.45) is 5.92 Å². The topological polar surface area (TPSA) is 158 Å². The van der Waals surface area contributed by atoms with Gasteiger partial charge >= 0.3 is 0 Å². The van der Waals surface area contributed by atoms with Crippen molar-refractivity contribution in [2.75, 3.05) is 41.0 Å². The minimum atomic E-state index is -4.14. The highest BCUT2D eigenvalue weighted by Gasteiger charge is 2.36. The monoisotopic (exact) mass is 578 g/mol. The number of hydrogen-bond acceptors (Lipinski definition) is 9. The van der Waals surface area contributed by atoms with E-state index in [4.69, 9.17) is 14.2 Å². The van der Waals surface area contributed by atoms with Gasteiger partial charge in [0, 0.05) is 43.4 Å². The molecular weight excluding hydrogens is 544 g/mol. The van der Waals surface area contributed by atoms with E-state index in [1.54, 1.807) is 37.8 Å². The molecule has 0 aromatic heterocycles. The van der Waals surface area contributed by atoms with Crippen LogP contribution < -0.4 is 18.9 Å². The van der Waals surface area contributed by atoms with E-state index in [1.165, 1.54) is 26.2 Å². The molecule has 2 unspecified atom stereocenters. The van der Waals surface area contributed by atoms with Crippen LogP contribution in [-0.2, 0) is 14.8 Å². The Morgan fingerprint density at radius 1 is 1.02 bits per heavy atom. The van der Waals surface area contributed by atoms with E-state index in [0.29, 0.717) is 22.8 Å². The summed E-state index contributed by atoms with van der Waals surface area (Å²) >= 11 is 0. The third-order valence-electron chi connectivity index (χ3n) is 6.68. The number of non-ortho nitro benzene ring substituents is 1. The molecule has 0 bridgehead atoms. The van der Waals surface area contributed by atoms with Crippen LogP contribution in [0.1, 0.15) is 31.1 Å². The lowest BCUT2D eigenvalue weighted by molar-refractivity contribution is -0.384. The summed E-state index contributed by atoms with van der Waals surface area (Å²) in [6.45, 7) is 5.85. The zero-order valence-electron chi connectivity index (χ0n) is 23.2. The van der Waals surface area contributed by atoms with Crippen molar-refractivity contribution < 1.29 is 37.1 Å². The number of rotatable bonds is 10. The number of carbonyl (C=O) groups excluding carboxylic acids is 2. The van der Waals surface area contributed by atoms with Crippen LogP contribution in [0.5, 0.6) is 17.2 Å². The van der Waals surface area contributed by atoms with Gasteiger partial charge in [-0.05, 0) is 37.1 Å². The number of benzene rings is 2. The number of sulfonamides is 1. The van der Waals surface area contributed by atoms with Gasteiger partial charge in [0.15, 0.2) is 11.5 Å². The van der Waals surface area contributed by atoms with Gasteiger partial charge in [0.25, 0.3) is 11.6 Å². The fourth-order valence-corrected chi connectivity index (χ4v) is 5.82. The lowest BCUT2D eigenvalue weighted by Crippen LogP contribution is -2.59. The number of amides is 2. The third kappa shape index (κ3) is 6.45. The molecule has 0 aliphatic carbocycles. The first-order valence-electron chi connectivity index (χ1n) is 12.5. The fraction of sp³-hybridized carbons (Fsp3) is 0.462. The Bertz CT molecular complexity index is 1340. The van der Waals surface area contributed by atoms with Crippen LogP contribution in [0.4, 0.5) is 5.69 Å². The van der Waals surface area contributed by atoms with Gasteiger partial charge < -0.3 is 24.0 Å². The quantitative estimate of drug-likeness (QED) is 0.330. The van der Waals surface area contributed by atoms with Crippen LogP contribution in [-0.4, -0.2) is 88.0 Å². The molecule has 1 N–H and O–H groups in total. The number of ether oxygens (including phenoxy) is 3. The highest BCUT2D eigenvalue weighted by Crippen LogP contribution is 2.38. The molecule has 218 valence electrons. The molecule has 13 nitrogen and oxygen atoms in total. The molecule has 0 radical (unpaired) electrons. The molecule has 0 saturated carbocycles. The van der Waals surface area contributed by atoms with Crippen LogP contribution in [0.25, 0.3) is 0 Å². The van der Waals surface area contributed by atoms with E-state index in [2.05, 4.69) is 4.72 Å². The van der Waals surface area contributed by atoms with E-state index >= 15 is 0 Å². The minimum absolute atomic E-state index is 0.189. The summed E-state index contributed by atoms with van der Waals surface area (Å²) in [5.74, 6) is -0.0562. The summed E-state index contributed by atoms with van der Waals surface area (Å²) in [4.78, 5) is 40.1. The molecule has 3 rings (SSSR count). The van der Waals surface area contributed by atoms with Gasteiger partial charge in [-0.15, -0.1) is 0 Å². The zero-order valence-corrected chi connectivity index (χ0v) is 24.1. The Labute approximate surface area is 233 Å². The first kappa shape index (κ1) is 30.6. The molecule has 0 spiro atoms. The number of methoxy groups -OCH3 is 3. The third-order valence-corrected chi connectivity index (χ3v) is 8.14. The largest absolute Gasteiger partial charge is 0.493 e. The summed E-state index contributed by atoms with van der Waals surface area (Å²) in [6.07, 6.45) is 0. The Kier molecular flexibility index (Phi) is 9.58. The predicted octanol–water partition coefficient (Wildman–Crippen LogP) is 2.30. The van der Waals surface area contributed by atoms with Gasteiger partial charge in [0.1, 0.15) is 6.04 Å². The molecule has 1 aliphatic heterocycles. The molecule has 2 amide bonds. The van der Waals surface area contributed by atoms with Gasteiger partial charge in [-0.1, -0.05) is 13.8 Å². The maximum atomic E-state index is 13.5. The second-order valence-electron chi connectivity index (χ2n) is 9.64. The van der Waals surface area contributed by atoms with Gasteiger partial charge in [-0.2, -0.15) is 4.72 Å². The van der Waals surface area contributed by atoms with E-state index in [0.717, 1.165) is 24.3 Å². The van der Waals surface area contributed by atoms with Crippen LogP contribution in [0.2, 0.25) is 0 Å². The molecule has 14 heteroatoms. The van der Waals surface area contributed by atoms with Crippen molar-refractivity contribution in [3.63, 3.8) is 0 Å². The Hall–Kier alpha value is -3.91. The van der Waals surface area contributed by atoms with Crippen molar-refractivity contribution >= 4 is 27.5 Å². The second kappa shape index (κ2) is 12.5. The maximum absolute atomic E-state index is 13.5. The summed E-state index contributed by atoms with van der Waals surface area (Å²) < 4.78 is 44.5. The van der Waals surface area contributed by atoms with Gasteiger partial charge in [-0.25, -0.2) is 8.42 Å². The molecule has 1 heterocycles. The minimum Gasteiger partial charge on any atom is -0.493 e. The standard InChI is InChI=1S/C26H34N4O9S/c1-16(2)23(27-40(35,36)20-9-7-19(8-10-20)30(33)34)26(32)28-11-12-29(17(3)15-28)25(31)18-13-21(37-4)24(39-6)22(14-18)38-5/h7-10,13-14,16-17,23,27H,11-12,15H2,1-6H3. The molecule has 1 aliphatic rings. The van der Waals surface area contributed by atoms with Crippen molar-refractivity contribution in [3.8, 4) is 17.2 Å². The SMILES string of the molecule is COc1cc(C(=O)N2CCN(C(=O)C(NS(=O)(=O)c3ccc([N+](=O)[O-])cc3)C(C)C)CC2C)cc(OC)c1OC. The Morgan fingerprint density at radius 3 is 2.05 bits per heavy atom. The van der Waals surface area contributed by atoms with Gasteiger partial charge in [0.2, 0.25) is 21.7 Å². The molecule has 40 heavy (non-hydrogen) atoms. The normalized spacial score (nSPS) is 16.4. The molecule has 1 fully saturated rings. The molecule has 1 saturated heterocycles. The highest BCUT2D eigenvalue weighted by molar-refractivity contribution is 7.89. The Balaban J connectivity index is 1.75. The number of hydrogen-bond donors (Lipinski definition) is 1. The second-order valence-corrected chi connectivity index (χ2v) is 11.4. The van der Waals surface area contributed by atoms with E-state index in [9.17, 15) is 28.1 Å². The van der Waals surface area contributed by atoms with Crippen molar-refractivity contribution in [1.29, 1.82) is 0 Å². The molecule has 2 atom stereocenters. The van der Waals surface area contributed by atoms with Crippen molar-refractivity contribution in [3.05, 3.63) is 52.1 Å². The Morgan fingerprint density at radius 2 is 1.60 bits per heavy atom. The number of nitrogens with one attached hydrogen (secondary N) is 1. The van der Waals surface area contributed by atoms with Crippen LogP contribution in [0.3, 0.4) is 0 Å². The van der Waals surface area contributed by atoms with Crippen molar-refractivity contribution in [2.45, 2.75) is 37.8 Å². The first-order chi connectivity index (χ1) is 18.8. The van der Waals surface area contributed by atoms with Gasteiger partial charge in [0.05, 0.1) is 31.1 Å². The van der Waals surface area contributed by atoms with Crippen molar-refractivity contribution in [1.82, 2.24) is 14.5 Å². The van der Waals surface area contributed by atoms with E-state index < -0.39 is 32.8 Å². The number of carbonyl (C=O) groups is 2. The zero-order chi connectivity index (χ0) is 29.8. The fourth-order valence-electron chi connectivity index (χ4n) is 4.48. The molecular formula is C26H34N4O9S. The smallest absolute Gasteiger partial charge is 0.269 e. The number of nitro groups is 1. The maximum Gasteiger partial charge on any atom is 0.269 e. The number of nitro benzene ring substituents is 1. The van der Waals surface area contributed by atoms with E-state index in [-0.39, 0.29) is 42.2 Å². The van der Waals surface area contributed by atoms with E-state index in [1.807, 2.05) is 0 Å². The predicted molar refractivity (Wildman–Crippen MR) is 145 cm³/mol. The average molecular weight is 579 g/mol. The number of nitrogens with zero attached hydrogens (tertiary/aromatic N) is 3. The summed E-state index contributed by atoms with van der Waals surface area (Å²) in [6, 6.07) is 6.11. The summed E-state index contributed by atoms with van der Waals surface area (Å²) in [5.41, 5.74) is 0.0837. The lowest BCUT2D eigenvalue weighted by atomic mass is 10.0. The molecule has 2 aromatic carbocycles.